The largest absolute Gasteiger partial charge is 0.367 e. The van der Waals surface area contributed by atoms with Crippen molar-refractivity contribution in [3.05, 3.63) is 42.0 Å². The minimum Gasteiger partial charge on any atom is -0.367 e. The summed E-state index contributed by atoms with van der Waals surface area (Å²) in [7, 11) is 2.22. The number of rotatable bonds is 3. The van der Waals surface area contributed by atoms with E-state index in [-0.39, 0.29) is 11.8 Å². The van der Waals surface area contributed by atoms with Crippen molar-refractivity contribution < 1.29 is 4.39 Å². The number of fused-ring (bicyclic) bond motifs is 1. The topological polar surface area (TPSA) is 75.0 Å². The second-order valence-corrected chi connectivity index (χ2v) is 11.0. The number of aromatic nitrogens is 3. The van der Waals surface area contributed by atoms with Crippen molar-refractivity contribution >= 4 is 22.9 Å². The lowest BCUT2D eigenvalue weighted by molar-refractivity contribution is 0.0721. The first-order chi connectivity index (χ1) is 17.5. The van der Waals surface area contributed by atoms with Crippen molar-refractivity contribution in [3.63, 3.8) is 0 Å². The number of nitrogen functional groups attached to an aromatic ring is 1. The highest BCUT2D eigenvalue weighted by atomic mass is 19.1. The van der Waals surface area contributed by atoms with Crippen LogP contribution in [0.4, 0.5) is 16.0 Å². The Bertz CT molecular complexity index is 1160. The van der Waals surface area contributed by atoms with E-state index in [1.165, 1.54) is 51.5 Å². The summed E-state index contributed by atoms with van der Waals surface area (Å²) < 4.78 is 16.0. The number of aliphatic imine (C=N–C) groups is 1. The van der Waals surface area contributed by atoms with Crippen LogP contribution in [-0.4, -0.2) is 69.4 Å². The summed E-state index contributed by atoms with van der Waals surface area (Å²) in [6.45, 7) is 17.2. The molecule has 2 aromatic heterocycles. The van der Waals surface area contributed by atoms with E-state index in [1.54, 1.807) is 16.9 Å². The molecule has 0 amide bonds. The highest BCUT2D eigenvalue weighted by molar-refractivity contribution is 5.85. The van der Waals surface area contributed by atoms with Crippen LogP contribution in [0.3, 0.4) is 0 Å². The van der Waals surface area contributed by atoms with Gasteiger partial charge in [-0.2, -0.15) is 0 Å². The van der Waals surface area contributed by atoms with Gasteiger partial charge in [-0.1, -0.05) is 27.2 Å². The van der Waals surface area contributed by atoms with Crippen LogP contribution in [0.25, 0.3) is 16.6 Å². The van der Waals surface area contributed by atoms with Crippen LogP contribution in [0.15, 0.2) is 35.6 Å². The van der Waals surface area contributed by atoms with Crippen molar-refractivity contribution in [1.29, 1.82) is 0 Å². The quantitative estimate of drug-likeness (QED) is 0.439. The zero-order chi connectivity index (χ0) is 27.1. The summed E-state index contributed by atoms with van der Waals surface area (Å²) >= 11 is 0. The molecule has 3 heterocycles. The molecule has 7 nitrogen and oxygen atoms in total. The monoisotopic (exact) mass is 509 g/mol. The fourth-order valence-corrected chi connectivity index (χ4v) is 4.35. The van der Waals surface area contributed by atoms with Gasteiger partial charge < -0.3 is 10.6 Å². The molecule has 2 N–H and O–H groups in total. The molecular weight excluding hydrogens is 465 g/mol. The van der Waals surface area contributed by atoms with E-state index >= 15 is 0 Å². The number of hydrogen-bond acceptors (Lipinski definition) is 6. The van der Waals surface area contributed by atoms with Gasteiger partial charge in [-0.3, -0.25) is 9.89 Å². The number of hydrogen-bond donors (Lipinski definition) is 1. The SMILES string of the molecule is CC(C)=Nc1c(C)cc(-c2ccn3nc(N)ncc23)cc1F.CC(C)C.CN1CCN(C2CCC2)CC1. The fourth-order valence-electron chi connectivity index (χ4n) is 4.35. The van der Waals surface area contributed by atoms with E-state index in [0.29, 0.717) is 5.69 Å². The van der Waals surface area contributed by atoms with Crippen LogP contribution in [-0.2, 0) is 0 Å². The predicted octanol–water partition coefficient (Wildman–Crippen LogP) is 5.99. The lowest BCUT2D eigenvalue weighted by Crippen LogP contribution is -2.51. The van der Waals surface area contributed by atoms with Gasteiger partial charge >= 0.3 is 0 Å². The van der Waals surface area contributed by atoms with Crippen LogP contribution >= 0.6 is 0 Å². The number of nitrogens with two attached hydrogens (primary N) is 1. The van der Waals surface area contributed by atoms with Crippen LogP contribution in [0, 0.1) is 18.7 Å². The van der Waals surface area contributed by atoms with Gasteiger partial charge in [0.25, 0.3) is 0 Å². The van der Waals surface area contributed by atoms with Crippen LogP contribution in [0.2, 0.25) is 0 Å². The fraction of sp³-hybridized carbons (Fsp3) is 0.552. The van der Waals surface area contributed by atoms with Gasteiger partial charge in [0.05, 0.1) is 11.7 Å². The normalized spacial score (nSPS) is 16.5. The molecule has 0 atom stereocenters. The molecule has 0 unspecified atom stereocenters. The van der Waals surface area contributed by atoms with Crippen molar-refractivity contribution in [3.8, 4) is 11.1 Å². The van der Waals surface area contributed by atoms with Gasteiger partial charge in [0.2, 0.25) is 5.95 Å². The molecule has 2 aliphatic rings. The number of halogens is 1. The summed E-state index contributed by atoms with van der Waals surface area (Å²) in [5.41, 5.74) is 9.94. The molecular formula is C29H44FN7. The maximum atomic E-state index is 14.4. The third kappa shape index (κ3) is 8.07. The van der Waals surface area contributed by atoms with Crippen LogP contribution < -0.4 is 5.73 Å². The Balaban J connectivity index is 0.000000210. The van der Waals surface area contributed by atoms with Crippen molar-refractivity contribution in [2.45, 2.75) is 66.8 Å². The van der Waals surface area contributed by atoms with Crippen molar-refractivity contribution in [1.82, 2.24) is 24.4 Å². The van der Waals surface area contributed by atoms with E-state index in [2.05, 4.69) is 52.7 Å². The smallest absolute Gasteiger partial charge is 0.238 e. The Hall–Kier alpha value is -2.84. The number of benzene rings is 1. The molecule has 1 saturated heterocycles. The Morgan fingerprint density at radius 2 is 1.76 bits per heavy atom. The number of anilines is 1. The summed E-state index contributed by atoms with van der Waals surface area (Å²) in [6.07, 6.45) is 7.80. The Labute approximate surface area is 221 Å². The number of aryl methyl sites for hydroxylation is 1. The second-order valence-electron chi connectivity index (χ2n) is 11.0. The molecule has 0 spiro atoms. The zero-order valence-electron chi connectivity index (χ0n) is 23.6. The minimum absolute atomic E-state index is 0.195. The van der Waals surface area contributed by atoms with Gasteiger partial charge in [-0.25, -0.2) is 13.9 Å². The summed E-state index contributed by atoms with van der Waals surface area (Å²) in [6, 6.07) is 6.23. The van der Waals surface area contributed by atoms with E-state index in [1.807, 2.05) is 32.9 Å². The Kier molecular flexibility index (Phi) is 10.2. The maximum absolute atomic E-state index is 14.4. The van der Waals surface area contributed by atoms with Gasteiger partial charge in [0.15, 0.2) is 0 Å². The van der Waals surface area contributed by atoms with E-state index in [4.69, 9.17) is 5.73 Å². The maximum Gasteiger partial charge on any atom is 0.238 e. The third-order valence-electron chi connectivity index (χ3n) is 6.46. The van der Waals surface area contributed by atoms with Gasteiger partial charge in [0.1, 0.15) is 11.5 Å². The first-order valence-electron chi connectivity index (χ1n) is 13.4. The highest BCUT2D eigenvalue weighted by Gasteiger charge is 2.26. The average molecular weight is 510 g/mol. The molecule has 8 heteroatoms. The zero-order valence-corrected chi connectivity index (χ0v) is 23.6. The van der Waals surface area contributed by atoms with Crippen LogP contribution in [0.5, 0.6) is 0 Å². The molecule has 202 valence electrons. The molecule has 1 aliphatic heterocycles. The number of piperazine rings is 1. The molecule has 3 aromatic rings. The van der Waals surface area contributed by atoms with E-state index < -0.39 is 0 Å². The molecule has 1 saturated carbocycles. The average Bonchev–Trinajstić information content (AvgIpc) is 3.19. The van der Waals surface area contributed by atoms with E-state index in [9.17, 15) is 4.39 Å². The third-order valence-corrected chi connectivity index (χ3v) is 6.46. The first kappa shape index (κ1) is 28.7. The Morgan fingerprint density at radius 1 is 1.11 bits per heavy atom. The predicted molar refractivity (Wildman–Crippen MR) is 153 cm³/mol. The Morgan fingerprint density at radius 3 is 2.30 bits per heavy atom. The summed E-state index contributed by atoms with van der Waals surface area (Å²) in [5.74, 6) is 0.687. The van der Waals surface area contributed by atoms with Crippen molar-refractivity contribution in [2.24, 2.45) is 10.9 Å². The molecule has 37 heavy (non-hydrogen) atoms. The van der Waals surface area contributed by atoms with Gasteiger partial charge in [-0.05, 0) is 75.9 Å². The number of likely N-dealkylation sites (N-methyl/N-ethyl adjacent to an activating group) is 1. The van der Waals surface area contributed by atoms with Gasteiger partial charge in [0, 0.05) is 49.7 Å². The van der Waals surface area contributed by atoms with Crippen LogP contribution in [0.1, 0.15) is 59.4 Å². The lowest BCUT2D eigenvalue weighted by Gasteiger charge is -2.42. The molecule has 2 fully saturated rings. The lowest BCUT2D eigenvalue weighted by atomic mass is 9.91. The molecule has 0 radical (unpaired) electrons. The second kappa shape index (κ2) is 13.1. The first-order valence-corrected chi connectivity index (χ1v) is 13.4. The molecule has 1 aromatic carbocycles. The molecule has 0 bridgehead atoms. The molecule has 5 rings (SSSR count). The standard InChI is InChI=1S/C16H16FN5.C9H18N2.C4H10/c1-9(2)20-15-10(3)6-11(7-13(15)17)12-4-5-22-14(12)8-19-16(18)21-22;1-10-5-7-11(8-6-10)9-3-2-4-9;1-4(2)3/h4-8H,1-3H3,(H2,18,21);9H,2-8H2,1H3;4H,1-3H3. The summed E-state index contributed by atoms with van der Waals surface area (Å²) in [5, 5.41) is 4.09. The minimum atomic E-state index is -0.341. The highest BCUT2D eigenvalue weighted by Crippen LogP contribution is 2.32. The van der Waals surface area contributed by atoms with Crippen molar-refractivity contribution in [2.75, 3.05) is 39.0 Å². The number of nitrogens with zero attached hydrogens (tertiary/aromatic N) is 6. The van der Waals surface area contributed by atoms with E-state index in [0.717, 1.165) is 39.9 Å². The summed E-state index contributed by atoms with van der Waals surface area (Å²) in [4.78, 5) is 13.3. The molecule has 1 aliphatic carbocycles. The van der Waals surface area contributed by atoms with Gasteiger partial charge in [-0.15, -0.1) is 5.10 Å².